The molecule has 2 aromatic carbocycles. The Morgan fingerprint density at radius 1 is 1.12 bits per heavy atom. The van der Waals surface area contributed by atoms with Crippen LogP contribution < -0.4 is 9.86 Å². The number of rotatable bonds is 3. The summed E-state index contributed by atoms with van der Waals surface area (Å²) < 4.78 is 26.5. The van der Waals surface area contributed by atoms with Gasteiger partial charge in [0, 0.05) is 11.3 Å². The largest absolute Gasteiger partial charge is 0.238 e. The van der Waals surface area contributed by atoms with Gasteiger partial charge in [-0.15, -0.1) is 0 Å². The van der Waals surface area contributed by atoms with Crippen molar-refractivity contribution in [2.75, 3.05) is 4.72 Å². The van der Waals surface area contributed by atoms with E-state index in [-0.39, 0.29) is 20.4 Å². The van der Waals surface area contributed by atoms with Crippen molar-refractivity contribution >= 4 is 36.6 Å². The molecular formula is C17H19N2O2S3+. The van der Waals surface area contributed by atoms with Crippen LogP contribution in [-0.2, 0) is 20.1 Å². The highest BCUT2D eigenvalue weighted by Gasteiger charge is 2.71. The molecule has 3 N–H and O–H groups in total. The third-order valence-corrected chi connectivity index (χ3v) is 10.2. The van der Waals surface area contributed by atoms with Gasteiger partial charge in [0.1, 0.15) is 5.69 Å². The van der Waals surface area contributed by atoms with E-state index in [4.69, 9.17) is 5.14 Å². The van der Waals surface area contributed by atoms with E-state index in [9.17, 15) is 8.42 Å². The average molecular weight is 380 g/mol. The molecule has 1 saturated carbocycles. The second-order valence-corrected chi connectivity index (χ2v) is 11.9. The van der Waals surface area contributed by atoms with Crippen LogP contribution in [0, 0.1) is 5.41 Å². The zero-order valence-corrected chi connectivity index (χ0v) is 15.8. The topological polar surface area (TPSA) is 72.2 Å². The molecule has 2 aromatic rings. The number of para-hydroxylation sites is 1. The lowest BCUT2D eigenvalue weighted by atomic mass is 10.0. The van der Waals surface area contributed by atoms with Gasteiger partial charge in [0.05, 0.1) is 9.79 Å². The van der Waals surface area contributed by atoms with Gasteiger partial charge in [-0.1, -0.05) is 38.1 Å². The van der Waals surface area contributed by atoms with E-state index in [0.717, 1.165) is 0 Å². The summed E-state index contributed by atoms with van der Waals surface area (Å²) in [5.41, 5.74) is 2.59. The van der Waals surface area contributed by atoms with Crippen LogP contribution in [0.25, 0.3) is 0 Å². The van der Waals surface area contributed by atoms with Crippen LogP contribution in [0.1, 0.15) is 25.3 Å². The summed E-state index contributed by atoms with van der Waals surface area (Å²) in [7, 11) is -1.68. The first-order valence-electron chi connectivity index (χ1n) is 7.68. The van der Waals surface area contributed by atoms with E-state index in [1.165, 1.54) is 16.1 Å². The first kappa shape index (κ1) is 16.3. The minimum atomic E-state index is -3.63. The maximum atomic E-state index is 11.4. The van der Waals surface area contributed by atoms with Crippen molar-refractivity contribution in [3.05, 3.63) is 54.1 Å². The number of benzene rings is 2. The molecule has 0 spiro atoms. The Bertz CT molecular complexity index is 869. The molecule has 1 aliphatic heterocycles. The molecular weight excluding hydrogens is 360 g/mol. The summed E-state index contributed by atoms with van der Waals surface area (Å²) in [6.07, 6.45) is 0. The average Bonchev–Trinajstić information content (AvgIpc) is 2.90. The number of sulfonamides is 1. The Balaban J connectivity index is 1.57. The maximum absolute atomic E-state index is 11.4. The zero-order valence-electron chi connectivity index (χ0n) is 13.4. The first-order valence-corrected chi connectivity index (χ1v) is 11.8. The molecule has 7 heteroatoms. The minimum absolute atomic E-state index is 0.0369. The zero-order chi connectivity index (χ0) is 17.1. The van der Waals surface area contributed by atoms with E-state index in [0.29, 0.717) is 11.2 Å². The smallest absolute Gasteiger partial charge is 0.225 e. The van der Waals surface area contributed by atoms with Crippen LogP contribution >= 0.6 is 10.8 Å². The summed E-state index contributed by atoms with van der Waals surface area (Å²) in [4.78, 5) is 1.48. The molecule has 1 aliphatic carbocycles. The Morgan fingerprint density at radius 2 is 1.79 bits per heavy atom. The van der Waals surface area contributed by atoms with Crippen molar-refractivity contribution in [3.8, 4) is 0 Å². The van der Waals surface area contributed by atoms with E-state index in [1.807, 2.05) is 22.9 Å². The van der Waals surface area contributed by atoms with Crippen molar-refractivity contribution < 1.29 is 8.42 Å². The van der Waals surface area contributed by atoms with Crippen LogP contribution in [0.4, 0.5) is 5.69 Å². The second kappa shape index (κ2) is 5.42. The highest BCUT2D eigenvalue weighted by molar-refractivity contribution is 8.75. The van der Waals surface area contributed by atoms with Crippen molar-refractivity contribution in [1.82, 2.24) is 0 Å². The monoisotopic (exact) mass is 379 g/mol. The lowest BCUT2D eigenvalue weighted by Crippen LogP contribution is -2.14. The van der Waals surface area contributed by atoms with E-state index >= 15 is 0 Å². The quantitative estimate of drug-likeness (QED) is 0.632. The lowest BCUT2D eigenvalue weighted by molar-refractivity contribution is 0.597. The second-order valence-electron chi connectivity index (χ2n) is 6.81. The number of fused-ring (bicyclic) bond motifs is 1. The summed E-state index contributed by atoms with van der Waals surface area (Å²) >= 11 is 0. The van der Waals surface area contributed by atoms with Crippen LogP contribution in [0.2, 0.25) is 0 Å². The van der Waals surface area contributed by atoms with E-state index in [1.54, 1.807) is 12.1 Å². The number of nitrogens with one attached hydrogen (secondary N) is 1. The maximum Gasteiger partial charge on any atom is 0.238 e. The summed E-state index contributed by atoms with van der Waals surface area (Å²) in [6, 6.07) is 15.5. The van der Waals surface area contributed by atoms with Crippen LogP contribution in [0.15, 0.2) is 58.3 Å². The number of nitrogens with two attached hydrogens (primary N) is 1. The molecule has 0 radical (unpaired) electrons. The predicted octanol–water partition coefficient (Wildman–Crippen LogP) is 3.49. The van der Waals surface area contributed by atoms with Crippen LogP contribution in [0.3, 0.4) is 0 Å². The molecule has 0 bridgehead atoms. The van der Waals surface area contributed by atoms with Crippen molar-refractivity contribution in [1.29, 1.82) is 0 Å². The van der Waals surface area contributed by atoms with Gasteiger partial charge >= 0.3 is 0 Å². The van der Waals surface area contributed by atoms with Gasteiger partial charge in [-0.05, 0) is 29.8 Å². The first-order chi connectivity index (χ1) is 11.3. The predicted molar refractivity (Wildman–Crippen MR) is 101 cm³/mol. The van der Waals surface area contributed by atoms with Crippen LogP contribution in [0.5, 0.6) is 0 Å². The van der Waals surface area contributed by atoms with Gasteiger partial charge in [0.25, 0.3) is 0 Å². The van der Waals surface area contributed by atoms with E-state index in [2.05, 4.69) is 42.8 Å². The summed E-state index contributed by atoms with van der Waals surface area (Å²) in [5.74, 6) is 0.421. The van der Waals surface area contributed by atoms with Gasteiger partial charge < -0.3 is 0 Å². The molecule has 0 saturated heterocycles. The van der Waals surface area contributed by atoms with Crippen molar-refractivity contribution in [2.24, 2.45) is 10.6 Å². The number of hydrogen-bond acceptors (Lipinski definition) is 4. The molecule has 2 aliphatic rings. The highest BCUT2D eigenvalue weighted by atomic mass is 33.1. The third-order valence-electron chi connectivity index (χ3n) is 4.80. The third kappa shape index (κ3) is 2.63. The fourth-order valence-corrected chi connectivity index (χ4v) is 9.38. The fourth-order valence-electron chi connectivity index (χ4n) is 3.42. The van der Waals surface area contributed by atoms with Gasteiger partial charge in [0.2, 0.25) is 10.0 Å². The highest BCUT2D eigenvalue weighted by Crippen LogP contribution is 2.66. The Kier molecular flexibility index (Phi) is 3.69. The molecule has 0 aromatic heterocycles. The standard InChI is InChI=1S/C17H19N2O2S3/c1-17(2)15(11-7-9-12(10-8-11)24(18,20)21)16(17)23-19-13-5-3-4-6-14(13)22-23/h3-10,15-16,19H,1-2H3,(H2,18,20,21)/q+1/t15-,16+,23?/m1/s1. The van der Waals surface area contributed by atoms with Gasteiger partial charge in [-0.2, -0.15) is 4.72 Å². The molecule has 24 heavy (non-hydrogen) atoms. The van der Waals surface area contributed by atoms with Crippen LogP contribution in [-0.4, -0.2) is 13.7 Å². The van der Waals surface area contributed by atoms with Gasteiger partial charge in [-0.25, -0.2) is 13.6 Å². The summed E-state index contributed by atoms with van der Waals surface area (Å²) in [6.45, 7) is 4.57. The number of hydrogen-bond donors (Lipinski definition) is 2. The minimum Gasteiger partial charge on any atom is -0.225 e. The number of primary sulfonamides is 1. The molecule has 1 heterocycles. The Hall–Kier alpha value is -1.15. The lowest BCUT2D eigenvalue weighted by Gasteiger charge is -2.02. The molecule has 3 atom stereocenters. The fraction of sp³-hybridized carbons (Fsp3) is 0.294. The SMILES string of the molecule is CC1(C)[C@H](c2ccc(S(N)(=O)=O)cc2)[C@@H]1[S+]1Nc2ccccc2S1. The Morgan fingerprint density at radius 3 is 2.42 bits per heavy atom. The summed E-state index contributed by atoms with van der Waals surface area (Å²) in [5, 5.41) is 5.71. The van der Waals surface area contributed by atoms with Gasteiger partial charge in [-0.3, -0.25) is 0 Å². The molecule has 1 fully saturated rings. The molecule has 0 amide bonds. The number of anilines is 1. The van der Waals surface area contributed by atoms with Gasteiger partial charge in [0.15, 0.2) is 26.2 Å². The van der Waals surface area contributed by atoms with Crippen molar-refractivity contribution in [2.45, 2.75) is 34.8 Å². The normalized spacial score (nSPS) is 27.4. The van der Waals surface area contributed by atoms with E-state index < -0.39 is 10.0 Å². The van der Waals surface area contributed by atoms with Crippen molar-refractivity contribution in [3.63, 3.8) is 0 Å². The Labute approximate surface area is 149 Å². The molecule has 1 unspecified atom stereocenters. The molecule has 4 nitrogen and oxygen atoms in total. The molecule has 126 valence electrons. The molecule has 4 rings (SSSR count).